The van der Waals surface area contributed by atoms with E-state index in [4.69, 9.17) is 0 Å². The summed E-state index contributed by atoms with van der Waals surface area (Å²) < 4.78 is 32.9. The summed E-state index contributed by atoms with van der Waals surface area (Å²) >= 11 is 0. The van der Waals surface area contributed by atoms with Crippen molar-refractivity contribution in [3.8, 4) is 0 Å². The predicted octanol–water partition coefficient (Wildman–Crippen LogP) is -2.57. The van der Waals surface area contributed by atoms with Crippen LogP contribution in [0.1, 0.15) is 116 Å². The van der Waals surface area contributed by atoms with Gasteiger partial charge >= 0.3 is 59.1 Å². The van der Waals surface area contributed by atoms with Crippen molar-refractivity contribution in [1.29, 1.82) is 0 Å². The second kappa shape index (κ2) is 25.0. The van der Waals surface area contributed by atoms with Crippen LogP contribution < -0.4 is 69.5 Å². The first-order valence-electron chi connectivity index (χ1n) is 11.7. The average molecular weight is 494 g/mol. The molecule has 0 bridgehead atoms. The van der Waals surface area contributed by atoms with Gasteiger partial charge in [0.25, 0.3) is 0 Å². The summed E-state index contributed by atoms with van der Waals surface area (Å²) in [6.07, 6.45) is 18.6. The molecule has 0 aromatic rings. The van der Waals surface area contributed by atoms with Gasteiger partial charge in [0.05, 0.1) is 0 Å². The largest absolute Gasteiger partial charge is 1.00 e. The van der Waals surface area contributed by atoms with E-state index in [2.05, 4.69) is 12.2 Å². The Morgan fingerprint density at radius 1 is 0.719 bits per heavy atom. The third-order valence-electron chi connectivity index (χ3n) is 5.32. The second-order valence-corrected chi connectivity index (χ2v) is 9.71. The van der Waals surface area contributed by atoms with Gasteiger partial charge < -0.3 is 19.8 Å². The van der Waals surface area contributed by atoms with Gasteiger partial charge in [0.1, 0.15) is 15.4 Å². The molecular weight excluding hydrogens is 452 g/mol. The van der Waals surface area contributed by atoms with Gasteiger partial charge in [-0.25, -0.2) is 8.42 Å². The van der Waals surface area contributed by atoms with E-state index in [0.717, 1.165) is 19.3 Å². The van der Waals surface area contributed by atoms with Crippen LogP contribution in [-0.2, 0) is 19.7 Å². The molecule has 1 unspecified atom stereocenters. The van der Waals surface area contributed by atoms with Gasteiger partial charge in [-0.1, -0.05) is 103 Å². The zero-order valence-electron chi connectivity index (χ0n) is 20.7. The van der Waals surface area contributed by atoms with E-state index in [-0.39, 0.29) is 65.7 Å². The molecule has 1 N–H and O–H groups in total. The Hall–Kier alpha value is 0.850. The molecule has 1 amide bonds. The minimum absolute atomic E-state index is 0. The molecule has 7 nitrogen and oxygen atoms in total. The molecular formula is C22H41NNa2O6S. The normalized spacial score (nSPS) is 11.8. The third-order valence-corrected chi connectivity index (χ3v) is 6.40. The standard InChI is InChI=1S/C22H43NO6S.2Na/c1-2-3-4-5-6-7-8-9-10-11-12-13-14-15-16-17-18-23-22(26)20(19-21(24)25)30(27,28)29;;/h20H,2-19H2,1H3,(H,23,26)(H,24,25)(H,27,28,29);;/q;2*+1/p-2. The quantitative estimate of drug-likeness (QED) is 0.106. The SMILES string of the molecule is CCCCCCCCCCCCCCCCCCNC(=O)C(CC(=O)[O-])S(=O)(=O)[O-].[Na+].[Na+]. The molecule has 0 saturated carbocycles. The second-order valence-electron chi connectivity index (χ2n) is 8.15. The molecule has 0 spiro atoms. The fourth-order valence-corrected chi connectivity index (χ4v) is 4.16. The Labute approximate surface area is 240 Å². The number of carbonyl (C=O) groups is 2. The number of unbranched alkanes of at least 4 members (excludes halogenated alkanes) is 15. The molecule has 178 valence electrons. The molecule has 0 aliphatic carbocycles. The Morgan fingerprint density at radius 2 is 1.06 bits per heavy atom. The summed E-state index contributed by atoms with van der Waals surface area (Å²) in [4.78, 5) is 22.2. The molecule has 1 atom stereocenters. The van der Waals surface area contributed by atoms with E-state index in [1.807, 2.05) is 0 Å². The van der Waals surface area contributed by atoms with Gasteiger partial charge in [-0.3, -0.25) is 4.79 Å². The van der Waals surface area contributed by atoms with E-state index in [1.165, 1.54) is 77.0 Å². The molecule has 0 radical (unpaired) electrons. The van der Waals surface area contributed by atoms with Crippen LogP contribution in [0.5, 0.6) is 0 Å². The van der Waals surface area contributed by atoms with Crippen molar-refractivity contribution >= 4 is 22.0 Å². The van der Waals surface area contributed by atoms with Crippen molar-refractivity contribution < 1.29 is 86.8 Å². The average Bonchev–Trinajstić information content (AvgIpc) is 2.67. The summed E-state index contributed by atoms with van der Waals surface area (Å²) in [7, 11) is -5.02. The van der Waals surface area contributed by atoms with Gasteiger partial charge in [0, 0.05) is 18.9 Å². The van der Waals surface area contributed by atoms with E-state index < -0.39 is 33.7 Å². The van der Waals surface area contributed by atoms with Crippen molar-refractivity contribution in [2.45, 2.75) is 121 Å². The molecule has 0 heterocycles. The first-order chi connectivity index (χ1) is 14.3. The summed E-state index contributed by atoms with van der Waals surface area (Å²) in [6, 6.07) is 0. The Morgan fingerprint density at radius 3 is 1.38 bits per heavy atom. The number of rotatable bonds is 21. The summed E-state index contributed by atoms with van der Waals surface area (Å²) in [5.41, 5.74) is 0. The zero-order chi connectivity index (χ0) is 22.7. The molecule has 0 saturated heterocycles. The molecule has 0 aliphatic rings. The van der Waals surface area contributed by atoms with Crippen LogP contribution in [0.4, 0.5) is 0 Å². The number of nitrogens with one attached hydrogen (secondary N) is 1. The van der Waals surface area contributed by atoms with Crippen molar-refractivity contribution in [3.05, 3.63) is 0 Å². The van der Waals surface area contributed by atoms with Gasteiger partial charge in [0.15, 0.2) is 0 Å². The summed E-state index contributed by atoms with van der Waals surface area (Å²) in [6.45, 7) is 2.48. The van der Waals surface area contributed by atoms with Crippen LogP contribution in [-0.4, -0.2) is 36.6 Å². The maximum absolute atomic E-state index is 11.7. The Bertz CT molecular complexity index is 561. The van der Waals surface area contributed by atoms with Crippen LogP contribution in [0, 0.1) is 0 Å². The summed E-state index contributed by atoms with van der Waals surface area (Å²) in [5.74, 6) is -2.80. The smallest absolute Gasteiger partial charge is 0.747 e. The monoisotopic (exact) mass is 493 g/mol. The van der Waals surface area contributed by atoms with Crippen molar-refractivity contribution in [2.75, 3.05) is 6.54 Å². The minimum atomic E-state index is -5.02. The van der Waals surface area contributed by atoms with Crippen LogP contribution in [0.3, 0.4) is 0 Å². The predicted molar refractivity (Wildman–Crippen MR) is 116 cm³/mol. The third kappa shape index (κ3) is 24.0. The number of hydrogen-bond acceptors (Lipinski definition) is 6. The fraction of sp³-hybridized carbons (Fsp3) is 0.909. The molecule has 32 heavy (non-hydrogen) atoms. The van der Waals surface area contributed by atoms with Crippen molar-refractivity contribution in [3.63, 3.8) is 0 Å². The van der Waals surface area contributed by atoms with Crippen LogP contribution in [0.2, 0.25) is 0 Å². The molecule has 0 aromatic carbocycles. The van der Waals surface area contributed by atoms with E-state index in [0.29, 0.717) is 6.42 Å². The molecule has 0 aliphatic heterocycles. The number of carboxylic acids is 1. The van der Waals surface area contributed by atoms with Crippen LogP contribution in [0.15, 0.2) is 0 Å². The Balaban J connectivity index is -0.00000420. The van der Waals surface area contributed by atoms with E-state index in [9.17, 15) is 27.7 Å². The van der Waals surface area contributed by atoms with E-state index in [1.54, 1.807) is 0 Å². The van der Waals surface area contributed by atoms with Crippen molar-refractivity contribution in [1.82, 2.24) is 5.32 Å². The van der Waals surface area contributed by atoms with Gasteiger partial charge in [-0.2, -0.15) is 0 Å². The van der Waals surface area contributed by atoms with E-state index >= 15 is 0 Å². The summed E-state index contributed by atoms with van der Waals surface area (Å²) in [5, 5.41) is 10.7. The van der Waals surface area contributed by atoms with Gasteiger partial charge in [0.2, 0.25) is 5.91 Å². The number of hydrogen-bond donors (Lipinski definition) is 1. The maximum Gasteiger partial charge on any atom is 1.00 e. The first kappa shape index (κ1) is 37.4. The maximum atomic E-state index is 11.7. The van der Waals surface area contributed by atoms with Crippen LogP contribution >= 0.6 is 0 Å². The first-order valence-corrected chi connectivity index (χ1v) is 13.2. The molecule has 0 rings (SSSR count). The molecule has 0 fully saturated rings. The van der Waals surface area contributed by atoms with Crippen LogP contribution in [0.25, 0.3) is 0 Å². The fourth-order valence-electron chi connectivity index (χ4n) is 3.48. The zero-order valence-corrected chi connectivity index (χ0v) is 25.5. The molecule has 10 heteroatoms. The minimum Gasteiger partial charge on any atom is -0.747 e. The Kier molecular flexibility index (Phi) is 29.2. The molecule has 0 aromatic heterocycles. The number of amides is 1. The number of aliphatic carboxylic acids is 1. The number of carboxylic acid groups (broad SMARTS) is 1. The topological polar surface area (TPSA) is 126 Å². The van der Waals surface area contributed by atoms with Gasteiger partial charge in [-0.05, 0) is 6.42 Å². The van der Waals surface area contributed by atoms with Crippen molar-refractivity contribution in [2.24, 2.45) is 0 Å². The van der Waals surface area contributed by atoms with Gasteiger partial charge in [-0.15, -0.1) is 0 Å². The number of carbonyl (C=O) groups excluding carboxylic acids is 2.